The highest BCUT2D eigenvalue weighted by Gasteiger charge is 2.33. The molecule has 0 bridgehead atoms. The standard InChI is InChI=1S/C19H32N4O2S.HI/c1-4-20-18(22-12-19(3)13-25-14-19)21-11-16(17-6-5-15(2)26-17)23-7-9-24-10-8-23;/h5-6,16H,4,7-14H2,1-3H3,(H2,20,21,22);1H. The van der Waals surface area contributed by atoms with E-state index >= 15 is 0 Å². The second-order valence-corrected chi connectivity index (χ2v) is 8.81. The second kappa shape index (κ2) is 10.9. The maximum atomic E-state index is 5.54. The predicted molar refractivity (Wildman–Crippen MR) is 123 cm³/mol. The molecule has 154 valence electrons. The van der Waals surface area contributed by atoms with Crippen LogP contribution in [0.3, 0.4) is 0 Å². The Labute approximate surface area is 184 Å². The number of thiophene rings is 1. The molecule has 2 aliphatic rings. The number of hydrogen-bond acceptors (Lipinski definition) is 5. The highest BCUT2D eigenvalue weighted by molar-refractivity contribution is 14.0. The van der Waals surface area contributed by atoms with Crippen LogP contribution in [0, 0.1) is 12.3 Å². The molecule has 1 aromatic rings. The Morgan fingerprint density at radius 1 is 1.26 bits per heavy atom. The van der Waals surface area contributed by atoms with E-state index in [1.807, 2.05) is 11.3 Å². The van der Waals surface area contributed by atoms with Crippen LogP contribution in [0.15, 0.2) is 17.1 Å². The summed E-state index contributed by atoms with van der Waals surface area (Å²) in [6.07, 6.45) is 0. The Bertz CT molecular complexity index is 600. The number of halogens is 1. The van der Waals surface area contributed by atoms with Gasteiger partial charge in [-0.2, -0.15) is 0 Å². The fourth-order valence-corrected chi connectivity index (χ4v) is 4.29. The van der Waals surface area contributed by atoms with Crippen LogP contribution < -0.4 is 10.6 Å². The molecule has 0 aromatic carbocycles. The first-order valence-electron chi connectivity index (χ1n) is 9.58. The van der Waals surface area contributed by atoms with E-state index in [0.717, 1.165) is 65.1 Å². The van der Waals surface area contributed by atoms with E-state index in [0.29, 0.717) is 6.04 Å². The van der Waals surface area contributed by atoms with Crippen LogP contribution in [0.1, 0.15) is 29.6 Å². The van der Waals surface area contributed by atoms with E-state index < -0.39 is 0 Å². The normalized spacial score (nSPS) is 21.1. The summed E-state index contributed by atoms with van der Waals surface area (Å²) in [7, 11) is 0. The molecule has 6 nitrogen and oxygen atoms in total. The third kappa shape index (κ3) is 6.56. The van der Waals surface area contributed by atoms with E-state index in [-0.39, 0.29) is 29.4 Å². The van der Waals surface area contributed by atoms with Gasteiger partial charge in [-0.3, -0.25) is 9.89 Å². The summed E-state index contributed by atoms with van der Waals surface area (Å²) in [5.41, 5.74) is 0.191. The third-order valence-corrected chi connectivity index (χ3v) is 6.00. The molecule has 8 heteroatoms. The zero-order valence-electron chi connectivity index (χ0n) is 16.6. The molecule has 2 saturated heterocycles. The number of hydrogen-bond donors (Lipinski definition) is 2. The van der Waals surface area contributed by atoms with Gasteiger partial charge in [0, 0.05) is 41.3 Å². The third-order valence-electron chi connectivity index (χ3n) is 4.90. The topological polar surface area (TPSA) is 58.1 Å². The van der Waals surface area contributed by atoms with Crippen molar-refractivity contribution in [2.24, 2.45) is 10.4 Å². The Hall–Kier alpha value is -0.420. The quantitative estimate of drug-likeness (QED) is 0.337. The van der Waals surface area contributed by atoms with Crippen molar-refractivity contribution in [2.45, 2.75) is 26.8 Å². The van der Waals surface area contributed by atoms with Crippen molar-refractivity contribution >= 4 is 41.3 Å². The summed E-state index contributed by atoms with van der Waals surface area (Å²) in [6, 6.07) is 4.83. The molecular formula is C19H33IN4O2S. The molecule has 3 rings (SSSR count). The minimum atomic E-state index is 0. The molecule has 1 aromatic heterocycles. The van der Waals surface area contributed by atoms with Crippen molar-refractivity contribution in [2.75, 3.05) is 59.2 Å². The van der Waals surface area contributed by atoms with Gasteiger partial charge in [-0.25, -0.2) is 0 Å². The van der Waals surface area contributed by atoms with Crippen LogP contribution in [0.5, 0.6) is 0 Å². The first-order valence-corrected chi connectivity index (χ1v) is 10.4. The van der Waals surface area contributed by atoms with Gasteiger partial charge in [0.15, 0.2) is 5.96 Å². The first-order chi connectivity index (χ1) is 12.6. The van der Waals surface area contributed by atoms with E-state index in [9.17, 15) is 0 Å². The van der Waals surface area contributed by atoms with E-state index in [4.69, 9.17) is 14.5 Å². The molecular weight excluding hydrogens is 475 g/mol. The van der Waals surface area contributed by atoms with E-state index in [1.54, 1.807) is 0 Å². The fourth-order valence-electron chi connectivity index (χ4n) is 3.28. The smallest absolute Gasteiger partial charge is 0.191 e. The maximum Gasteiger partial charge on any atom is 0.191 e. The summed E-state index contributed by atoms with van der Waals surface area (Å²) in [5, 5.41) is 6.95. The lowest BCUT2D eigenvalue weighted by molar-refractivity contribution is -0.0945. The van der Waals surface area contributed by atoms with Crippen molar-refractivity contribution in [1.82, 2.24) is 15.5 Å². The molecule has 0 aliphatic carbocycles. The summed E-state index contributed by atoms with van der Waals surface area (Å²) in [5.74, 6) is 0.896. The number of guanidine groups is 1. The molecule has 1 unspecified atom stereocenters. The minimum absolute atomic E-state index is 0. The lowest BCUT2D eigenvalue weighted by Crippen LogP contribution is -2.47. The number of ether oxygens (including phenoxy) is 2. The van der Waals surface area contributed by atoms with Crippen LogP contribution >= 0.6 is 35.3 Å². The molecule has 0 saturated carbocycles. The van der Waals surface area contributed by atoms with Gasteiger partial charge in [-0.15, -0.1) is 35.3 Å². The molecule has 0 amide bonds. The number of rotatable bonds is 7. The monoisotopic (exact) mass is 508 g/mol. The van der Waals surface area contributed by atoms with Gasteiger partial charge < -0.3 is 20.1 Å². The van der Waals surface area contributed by atoms with Crippen LogP contribution in [-0.4, -0.2) is 70.0 Å². The van der Waals surface area contributed by atoms with Gasteiger partial charge in [0.2, 0.25) is 0 Å². The summed E-state index contributed by atoms with van der Waals surface area (Å²) >= 11 is 1.89. The summed E-state index contributed by atoms with van der Waals surface area (Å²) in [4.78, 5) is 10.1. The average Bonchev–Trinajstić information content (AvgIpc) is 3.05. The average molecular weight is 508 g/mol. The SMILES string of the molecule is CCNC(=NCC1(C)COC1)NCC(c1ccc(C)s1)N1CCOCC1.I. The Morgan fingerprint density at radius 2 is 2.00 bits per heavy atom. The van der Waals surface area contributed by atoms with Crippen LogP contribution in [0.2, 0.25) is 0 Å². The van der Waals surface area contributed by atoms with Gasteiger partial charge in [0.1, 0.15) is 0 Å². The largest absolute Gasteiger partial charge is 0.380 e. The summed E-state index contributed by atoms with van der Waals surface area (Å²) in [6.45, 7) is 14.2. The molecule has 1 atom stereocenters. The molecule has 3 heterocycles. The molecule has 0 radical (unpaired) electrons. The van der Waals surface area contributed by atoms with Crippen molar-refractivity contribution < 1.29 is 9.47 Å². The zero-order chi connectivity index (χ0) is 18.4. The van der Waals surface area contributed by atoms with E-state index in [1.165, 1.54) is 9.75 Å². The number of aryl methyl sites for hydroxylation is 1. The number of morpholine rings is 1. The Kier molecular flexibility index (Phi) is 9.27. The van der Waals surface area contributed by atoms with Gasteiger partial charge in [0.25, 0.3) is 0 Å². The molecule has 2 aliphatic heterocycles. The molecule has 2 N–H and O–H groups in total. The van der Waals surface area contributed by atoms with Crippen molar-refractivity contribution in [1.29, 1.82) is 0 Å². The first kappa shape index (κ1) is 22.9. The zero-order valence-corrected chi connectivity index (χ0v) is 19.8. The Balaban J connectivity index is 0.00000261. The van der Waals surface area contributed by atoms with Crippen molar-refractivity contribution in [3.8, 4) is 0 Å². The minimum Gasteiger partial charge on any atom is -0.380 e. The van der Waals surface area contributed by atoms with Crippen molar-refractivity contribution in [3.05, 3.63) is 21.9 Å². The van der Waals surface area contributed by atoms with E-state index in [2.05, 4.69) is 48.4 Å². The molecule has 27 heavy (non-hydrogen) atoms. The number of nitrogens with one attached hydrogen (secondary N) is 2. The lowest BCUT2D eigenvalue weighted by Gasteiger charge is -2.37. The van der Waals surface area contributed by atoms with Gasteiger partial charge in [0.05, 0.1) is 39.0 Å². The Morgan fingerprint density at radius 3 is 2.56 bits per heavy atom. The lowest BCUT2D eigenvalue weighted by atomic mass is 9.89. The van der Waals surface area contributed by atoms with Gasteiger partial charge >= 0.3 is 0 Å². The molecule has 0 spiro atoms. The number of aliphatic imine (C=N–C) groups is 1. The predicted octanol–water partition coefficient (Wildman–Crippen LogP) is 2.64. The van der Waals surface area contributed by atoms with Gasteiger partial charge in [-0.05, 0) is 26.0 Å². The highest BCUT2D eigenvalue weighted by Crippen LogP contribution is 2.28. The van der Waals surface area contributed by atoms with Crippen molar-refractivity contribution in [3.63, 3.8) is 0 Å². The van der Waals surface area contributed by atoms with Crippen LogP contribution in [-0.2, 0) is 9.47 Å². The van der Waals surface area contributed by atoms with Crippen LogP contribution in [0.4, 0.5) is 0 Å². The highest BCUT2D eigenvalue weighted by atomic mass is 127. The second-order valence-electron chi connectivity index (χ2n) is 7.49. The van der Waals surface area contributed by atoms with Crippen LogP contribution in [0.25, 0.3) is 0 Å². The number of nitrogens with zero attached hydrogens (tertiary/aromatic N) is 2. The molecule has 2 fully saturated rings. The van der Waals surface area contributed by atoms with Gasteiger partial charge in [-0.1, -0.05) is 6.92 Å². The maximum absolute atomic E-state index is 5.54. The fraction of sp³-hybridized carbons (Fsp3) is 0.737. The summed E-state index contributed by atoms with van der Waals surface area (Å²) < 4.78 is 10.9.